The van der Waals surface area contributed by atoms with Gasteiger partial charge in [-0.25, -0.2) is 19.2 Å². The smallest absolute Gasteiger partial charge is 0.458 e. The van der Waals surface area contributed by atoms with E-state index in [1.807, 2.05) is 139 Å². The molecule has 3 heterocycles. The minimum absolute atomic E-state index is 0.262. The fraction of sp³-hybridized carbons (Fsp3) is 0.709. The van der Waals surface area contributed by atoms with Crippen molar-refractivity contribution >= 4 is 50.7 Å². The molecule has 3 fully saturated rings. The Morgan fingerprint density at radius 2 is 0.689 bits per heavy atom. The molecule has 5 rings (SSSR count). The summed E-state index contributed by atoms with van der Waals surface area (Å²) in [4.78, 5) is 49.5. The van der Waals surface area contributed by atoms with Gasteiger partial charge in [0, 0.05) is 12.8 Å². The second-order valence-corrected chi connectivity index (χ2v) is 26.4. The number of benzene rings is 2. The maximum absolute atomic E-state index is 12.8. The van der Waals surface area contributed by atoms with Gasteiger partial charge in [0.25, 0.3) is 0 Å². The Morgan fingerprint density at radius 3 is 0.959 bits per heavy atom. The molecule has 2 amide bonds. The molecule has 0 bridgehead atoms. The molecule has 0 radical (unpaired) electrons. The number of hydrogen-bond donors (Lipinski definition) is 2. The van der Waals surface area contributed by atoms with Gasteiger partial charge < -0.3 is 57.5 Å². The average molecular weight is 1040 g/mol. The Labute approximate surface area is 445 Å². The highest BCUT2D eigenvalue weighted by Crippen LogP contribution is 2.43. The van der Waals surface area contributed by atoms with E-state index in [9.17, 15) is 19.2 Å². The van der Waals surface area contributed by atoms with Crippen LogP contribution in [-0.4, -0.2) is 113 Å². The third-order valence-electron chi connectivity index (χ3n) is 13.0. The Kier molecular flexibility index (Phi) is 20.1. The number of alkyl carbamates (subject to hydrolysis) is 2. The Balaban J connectivity index is 0.000000305. The highest BCUT2D eigenvalue weighted by atomic mass is 16.7. The van der Waals surface area contributed by atoms with Crippen LogP contribution in [0.1, 0.15) is 183 Å². The van der Waals surface area contributed by atoms with Crippen molar-refractivity contribution in [2.45, 2.75) is 254 Å². The summed E-state index contributed by atoms with van der Waals surface area (Å²) in [6.07, 6.45) is -0.695. The summed E-state index contributed by atoms with van der Waals surface area (Å²) in [5, 5.41) is 5.27. The van der Waals surface area contributed by atoms with E-state index in [4.69, 9.17) is 46.9 Å². The maximum Gasteiger partial charge on any atom is 0.494 e. The molecule has 16 nitrogen and oxygen atoms in total. The molecular formula is C55H91B3N2O14. The van der Waals surface area contributed by atoms with Crippen LogP contribution in [0.3, 0.4) is 0 Å². The Hall–Kier alpha value is -4.13. The standard InChI is InChI=1S/C24H38BNO6.C19H29NO4.C12H24B2O4/c1-21(2,3)29-19(27)18(26-20(28)30-22(4,5)6)15-16-11-13-17(14-12-16)25-31-23(7,8)24(9,10)32-25;1-13-8-10-14(11-9-13)12-15(16(21)23-18(2,3)4)20-17(22)24-19(5,6)7;1-9(2)10(3,4)16-13(15-9)14-17-11(5,6)12(7,8)18-14/h11-14,18H,15H2,1-10H3,(H,26,28);8-11,15H,12H2,1-7H3,(H,20,22);1-8H3/t18-;15-;/m00./s1. The molecule has 2 aromatic carbocycles. The lowest BCUT2D eigenvalue weighted by Gasteiger charge is -2.32. The highest BCUT2D eigenvalue weighted by molar-refractivity contribution is 7.11. The summed E-state index contributed by atoms with van der Waals surface area (Å²) in [6.45, 7) is 47.6. The van der Waals surface area contributed by atoms with Crippen LogP contribution in [0.15, 0.2) is 48.5 Å². The van der Waals surface area contributed by atoms with Gasteiger partial charge in [0.15, 0.2) is 0 Å². The van der Waals surface area contributed by atoms with Crippen LogP contribution in [0.2, 0.25) is 0 Å². The van der Waals surface area contributed by atoms with Crippen LogP contribution in [-0.2, 0) is 69.3 Å². The van der Waals surface area contributed by atoms with E-state index < -0.39 is 91.0 Å². The summed E-state index contributed by atoms with van der Waals surface area (Å²) >= 11 is 0. The number of rotatable bonds is 10. The SMILES string of the molecule is CC(C)(C)OC(=O)N[C@@H](Cc1ccc(B2OC(C)(C)C(C)(C)O2)cc1)C(=O)OC(C)(C)C.CC1(C)OB(B2OC(C)(C)C(C)(C)O2)OC1(C)C.Cc1ccc(C[C@H](NC(=O)OC(C)(C)C)C(=O)OC(C)(C)C)cc1. The normalized spacial score (nSPS) is 20.1. The van der Waals surface area contributed by atoms with Crippen molar-refractivity contribution in [3.05, 3.63) is 65.2 Å². The first-order chi connectivity index (χ1) is 33.1. The minimum atomic E-state index is -0.883. The summed E-state index contributed by atoms with van der Waals surface area (Å²) in [7, 11) is -1.41. The number of carbonyl (C=O) groups is 4. The van der Waals surface area contributed by atoms with Crippen molar-refractivity contribution in [2.75, 3.05) is 0 Å². The van der Waals surface area contributed by atoms with Gasteiger partial charge in [0.2, 0.25) is 0 Å². The number of nitrogens with one attached hydrogen (secondary N) is 2. The minimum Gasteiger partial charge on any atom is -0.458 e. The molecule has 0 aromatic heterocycles. The zero-order valence-corrected chi connectivity index (χ0v) is 49.6. The lowest BCUT2D eigenvalue weighted by atomic mass is 9.49. The Morgan fingerprint density at radius 1 is 0.432 bits per heavy atom. The van der Waals surface area contributed by atoms with Crippen molar-refractivity contribution in [3.63, 3.8) is 0 Å². The van der Waals surface area contributed by atoms with Crippen molar-refractivity contribution in [3.8, 4) is 0 Å². The van der Waals surface area contributed by atoms with E-state index in [0.717, 1.165) is 22.2 Å². The molecule has 0 aliphatic carbocycles. The van der Waals surface area contributed by atoms with Gasteiger partial charge in [-0.3, -0.25) is 0 Å². The number of aryl methyl sites for hydroxylation is 1. The van der Waals surface area contributed by atoms with Gasteiger partial charge in [-0.05, 0) is 190 Å². The molecule has 414 valence electrons. The monoisotopic (exact) mass is 1040 g/mol. The van der Waals surface area contributed by atoms with Gasteiger partial charge in [0.05, 0.1) is 33.6 Å². The van der Waals surface area contributed by atoms with Gasteiger partial charge in [-0.1, -0.05) is 54.1 Å². The van der Waals surface area contributed by atoms with E-state index in [0.29, 0.717) is 6.42 Å². The molecule has 2 N–H and O–H groups in total. The fourth-order valence-electron chi connectivity index (χ4n) is 7.02. The third kappa shape index (κ3) is 19.5. The number of hydrogen-bond acceptors (Lipinski definition) is 14. The summed E-state index contributed by atoms with van der Waals surface area (Å²) in [5.41, 5.74) is -1.07. The number of amides is 2. The number of carbonyl (C=O) groups excluding carboxylic acids is 4. The van der Waals surface area contributed by atoms with Crippen LogP contribution in [0, 0.1) is 6.92 Å². The number of ether oxygens (including phenoxy) is 4. The predicted octanol–water partition coefficient (Wildman–Crippen LogP) is 9.79. The van der Waals surface area contributed by atoms with Gasteiger partial charge in [0.1, 0.15) is 34.5 Å². The molecule has 74 heavy (non-hydrogen) atoms. The maximum atomic E-state index is 12.8. The first kappa shape index (κ1) is 64.2. The van der Waals surface area contributed by atoms with E-state index >= 15 is 0 Å². The van der Waals surface area contributed by atoms with Gasteiger partial charge in [-0.2, -0.15) is 0 Å². The quantitative estimate of drug-likeness (QED) is 0.130. The van der Waals surface area contributed by atoms with Crippen LogP contribution in [0.5, 0.6) is 0 Å². The molecule has 2 aromatic rings. The van der Waals surface area contributed by atoms with Gasteiger partial charge >= 0.3 is 45.3 Å². The number of esters is 2. The molecule has 3 aliphatic heterocycles. The zero-order chi connectivity index (χ0) is 57.1. The molecule has 2 atom stereocenters. The summed E-state index contributed by atoms with van der Waals surface area (Å²) < 4.78 is 57.5. The third-order valence-corrected chi connectivity index (χ3v) is 13.0. The molecule has 0 saturated carbocycles. The largest absolute Gasteiger partial charge is 0.494 e. The van der Waals surface area contributed by atoms with Crippen LogP contribution < -0.4 is 16.1 Å². The highest BCUT2D eigenvalue weighted by Gasteiger charge is 2.64. The molecule has 0 unspecified atom stereocenters. The van der Waals surface area contributed by atoms with E-state index in [1.165, 1.54) is 0 Å². The van der Waals surface area contributed by atoms with E-state index in [1.54, 1.807) is 83.1 Å². The second kappa shape index (κ2) is 23.2. The first-order valence-corrected chi connectivity index (χ1v) is 25.8. The topological polar surface area (TPSA) is 185 Å². The van der Waals surface area contributed by atoms with Crippen molar-refractivity contribution in [1.29, 1.82) is 0 Å². The summed E-state index contributed by atoms with van der Waals surface area (Å²) in [6, 6.07) is 13.7. The lowest BCUT2D eigenvalue weighted by molar-refractivity contribution is -0.158. The fourth-order valence-corrected chi connectivity index (χ4v) is 7.02. The average Bonchev–Trinajstić information content (AvgIpc) is 3.65. The summed E-state index contributed by atoms with van der Waals surface area (Å²) in [5.74, 6) is -0.993. The first-order valence-electron chi connectivity index (χ1n) is 25.8. The molecule has 3 saturated heterocycles. The van der Waals surface area contributed by atoms with Crippen molar-refractivity contribution < 1.29 is 66.1 Å². The molecule has 0 spiro atoms. The molecule has 3 aliphatic rings. The van der Waals surface area contributed by atoms with E-state index in [-0.39, 0.29) is 28.8 Å². The molecular weight excluding hydrogens is 945 g/mol. The van der Waals surface area contributed by atoms with E-state index in [2.05, 4.69) is 10.6 Å². The Bertz CT molecular complexity index is 2140. The van der Waals surface area contributed by atoms with Crippen molar-refractivity contribution in [1.82, 2.24) is 10.6 Å². The van der Waals surface area contributed by atoms with Crippen molar-refractivity contribution in [2.24, 2.45) is 0 Å². The molecule has 19 heteroatoms. The van der Waals surface area contributed by atoms with Gasteiger partial charge in [-0.15, -0.1) is 0 Å². The van der Waals surface area contributed by atoms with Crippen LogP contribution >= 0.6 is 0 Å². The zero-order valence-electron chi connectivity index (χ0n) is 49.6. The second-order valence-electron chi connectivity index (χ2n) is 26.4. The predicted molar refractivity (Wildman–Crippen MR) is 291 cm³/mol. The van der Waals surface area contributed by atoms with Crippen LogP contribution in [0.4, 0.5) is 9.59 Å². The van der Waals surface area contributed by atoms with Crippen LogP contribution in [0.25, 0.3) is 0 Å². The lowest BCUT2D eigenvalue weighted by Crippen LogP contribution is -2.47.